The molecule has 2 aromatic rings. The molecular weight excluding hydrogens is 348 g/mol. The van der Waals surface area contributed by atoms with Crippen LogP contribution in [0.15, 0.2) is 48.5 Å². The average molecular weight is 371 g/mol. The number of carbonyl (C=O) groups excluding carboxylic acids is 2. The van der Waals surface area contributed by atoms with Crippen LogP contribution in [0.2, 0.25) is 5.02 Å². The molecule has 4 nitrogen and oxygen atoms in total. The predicted molar refractivity (Wildman–Crippen MR) is 103 cm³/mol. The summed E-state index contributed by atoms with van der Waals surface area (Å²) in [5.74, 6) is -0.0729. The van der Waals surface area contributed by atoms with Gasteiger partial charge in [-0.1, -0.05) is 53.6 Å². The second kappa shape index (κ2) is 7.50. The minimum absolute atomic E-state index is 0.0166. The molecule has 136 valence electrons. The zero-order valence-corrected chi connectivity index (χ0v) is 16.0. The van der Waals surface area contributed by atoms with Gasteiger partial charge in [-0.05, 0) is 44.0 Å². The van der Waals surface area contributed by atoms with Crippen molar-refractivity contribution in [2.24, 2.45) is 0 Å². The van der Waals surface area contributed by atoms with E-state index < -0.39 is 6.04 Å². The Morgan fingerprint density at radius 1 is 1.04 bits per heavy atom. The highest BCUT2D eigenvalue weighted by atomic mass is 35.5. The van der Waals surface area contributed by atoms with E-state index in [0.717, 1.165) is 16.7 Å². The molecule has 2 aromatic carbocycles. The molecule has 5 heteroatoms. The number of piperazine rings is 1. The summed E-state index contributed by atoms with van der Waals surface area (Å²) in [6, 6.07) is 14.6. The average Bonchev–Trinajstić information content (AvgIpc) is 2.61. The second-order valence-electron chi connectivity index (χ2n) is 7.02. The number of carbonyl (C=O) groups is 2. The zero-order valence-electron chi connectivity index (χ0n) is 15.3. The second-order valence-corrected chi connectivity index (χ2v) is 7.46. The third kappa shape index (κ3) is 3.75. The van der Waals surface area contributed by atoms with Gasteiger partial charge in [-0.3, -0.25) is 9.59 Å². The first-order valence-electron chi connectivity index (χ1n) is 8.78. The van der Waals surface area contributed by atoms with Crippen molar-refractivity contribution in [1.82, 2.24) is 9.80 Å². The van der Waals surface area contributed by atoms with Crippen LogP contribution in [0.1, 0.15) is 36.6 Å². The Bertz CT molecular complexity index is 800. The maximum atomic E-state index is 13.2. The van der Waals surface area contributed by atoms with E-state index in [1.165, 1.54) is 0 Å². The van der Waals surface area contributed by atoms with Crippen LogP contribution in [0.25, 0.3) is 0 Å². The van der Waals surface area contributed by atoms with Crippen LogP contribution in [0.5, 0.6) is 0 Å². The largest absolute Gasteiger partial charge is 0.329 e. The minimum Gasteiger partial charge on any atom is -0.329 e. The Balaban J connectivity index is 1.98. The van der Waals surface area contributed by atoms with Crippen LogP contribution >= 0.6 is 11.6 Å². The van der Waals surface area contributed by atoms with Crippen LogP contribution in [-0.4, -0.2) is 34.2 Å². The van der Waals surface area contributed by atoms with E-state index in [9.17, 15) is 9.59 Å². The Morgan fingerprint density at radius 3 is 2.23 bits per heavy atom. The van der Waals surface area contributed by atoms with Gasteiger partial charge in [-0.25, -0.2) is 0 Å². The van der Waals surface area contributed by atoms with E-state index in [4.69, 9.17) is 11.6 Å². The number of benzene rings is 2. The van der Waals surface area contributed by atoms with Crippen molar-refractivity contribution in [3.63, 3.8) is 0 Å². The van der Waals surface area contributed by atoms with E-state index in [1.807, 2.05) is 57.2 Å². The van der Waals surface area contributed by atoms with Crippen LogP contribution in [0.3, 0.4) is 0 Å². The normalized spacial score (nSPS) is 18.0. The fraction of sp³-hybridized carbons (Fsp3) is 0.333. The first-order chi connectivity index (χ1) is 12.4. The Hall–Kier alpha value is -2.33. The summed E-state index contributed by atoms with van der Waals surface area (Å²) in [6.45, 7) is 6.38. The first kappa shape index (κ1) is 18.5. The number of hydrogen-bond donors (Lipinski definition) is 0. The summed E-state index contributed by atoms with van der Waals surface area (Å²) in [6.07, 6.45) is 0. The third-order valence-corrected chi connectivity index (χ3v) is 4.99. The predicted octanol–water partition coefficient (Wildman–Crippen LogP) is 3.97. The molecule has 0 aromatic heterocycles. The number of halogens is 1. The number of amides is 2. The molecule has 3 rings (SSSR count). The Kier molecular flexibility index (Phi) is 5.33. The van der Waals surface area contributed by atoms with Crippen molar-refractivity contribution >= 4 is 23.4 Å². The van der Waals surface area contributed by atoms with Gasteiger partial charge in [0.05, 0.1) is 0 Å². The fourth-order valence-corrected chi connectivity index (χ4v) is 3.35. The van der Waals surface area contributed by atoms with Gasteiger partial charge in [-0.15, -0.1) is 0 Å². The number of nitrogens with zero attached hydrogens (tertiary/aromatic N) is 2. The zero-order chi connectivity index (χ0) is 18.8. The summed E-state index contributed by atoms with van der Waals surface area (Å²) in [5.41, 5.74) is 2.91. The summed E-state index contributed by atoms with van der Waals surface area (Å²) >= 11 is 5.96. The highest BCUT2D eigenvalue weighted by Gasteiger charge is 2.41. The molecular formula is C21H23ClN2O2. The van der Waals surface area contributed by atoms with Gasteiger partial charge >= 0.3 is 0 Å². The van der Waals surface area contributed by atoms with Crippen LogP contribution in [0, 0.1) is 6.92 Å². The molecule has 2 amide bonds. The number of aryl methyl sites for hydroxylation is 1. The molecule has 0 aliphatic carbocycles. The van der Waals surface area contributed by atoms with Crippen molar-refractivity contribution in [2.45, 2.75) is 39.4 Å². The van der Waals surface area contributed by atoms with Gasteiger partial charge in [-0.2, -0.15) is 0 Å². The summed E-state index contributed by atoms with van der Waals surface area (Å²) in [5, 5.41) is 0.649. The molecule has 0 radical (unpaired) electrons. The molecule has 0 saturated carbocycles. The van der Waals surface area contributed by atoms with E-state index in [1.54, 1.807) is 21.9 Å². The number of hydrogen-bond acceptors (Lipinski definition) is 2. The number of rotatable bonds is 4. The molecule has 0 unspecified atom stereocenters. The third-order valence-electron chi connectivity index (χ3n) is 4.74. The van der Waals surface area contributed by atoms with Gasteiger partial charge in [0.1, 0.15) is 12.6 Å². The lowest BCUT2D eigenvalue weighted by Gasteiger charge is -2.42. The van der Waals surface area contributed by atoms with E-state index >= 15 is 0 Å². The van der Waals surface area contributed by atoms with Crippen LogP contribution in [0.4, 0.5) is 0 Å². The summed E-state index contributed by atoms with van der Waals surface area (Å²) in [7, 11) is 0. The van der Waals surface area contributed by atoms with Crippen molar-refractivity contribution in [3.05, 3.63) is 70.2 Å². The molecule has 1 atom stereocenters. The molecule has 0 N–H and O–H groups in total. The van der Waals surface area contributed by atoms with Crippen molar-refractivity contribution in [2.75, 3.05) is 6.54 Å². The van der Waals surface area contributed by atoms with Gasteiger partial charge in [0.15, 0.2) is 0 Å². The smallest absolute Gasteiger partial charge is 0.250 e. The topological polar surface area (TPSA) is 40.6 Å². The van der Waals surface area contributed by atoms with Gasteiger partial charge in [0.25, 0.3) is 5.91 Å². The van der Waals surface area contributed by atoms with Crippen LogP contribution in [-0.2, 0) is 16.1 Å². The highest BCUT2D eigenvalue weighted by molar-refractivity contribution is 6.30. The molecule has 26 heavy (non-hydrogen) atoms. The maximum absolute atomic E-state index is 13.2. The highest BCUT2D eigenvalue weighted by Crippen LogP contribution is 2.30. The lowest BCUT2D eigenvalue weighted by molar-refractivity contribution is -0.158. The monoisotopic (exact) mass is 370 g/mol. The molecule has 1 heterocycles. The Labute approximate surface area is 159 Å². The lowest BCUT2D eigenvalue weighted by atomic mass is 9.98. The van der Waals surface area contributed by atoms with E-state index in [0.29, 0.717) is 11.6 Å². The van der Waals surface area contributed by atoms with Crippen LogP contribution < -0.4 is 0 Å². The summed E-state index contributed by atoms with van der Waals surface area (Å²) in [4.78, 5) is 29.4. The fourth-order valence-electron chi connectivity index (χ4n) is 3.22. The molecule has 1 aliphatic heterocycles. The van der Waals surface area contributed by atoms with Crippen molar-refractivity contribution < 1.29 is 9.59 Å². The minimum atomic E-state index is -0.602. The lowest BCUT2D eigenvalue weighted by Crippen LogP contribution is -2.56. The molecule has 0 spiro atoms. The van der Waals surface area contributed by atoms with E-state index in [2.05, 4.69) is 0 Å². The SMILES string of the molecule is Cc1ccc([C@H]2C(=O)N(C(C)C)CC(=O)N2Cc2ccc(Cl)cc2)cc1. The van der Waals surface area contributed by atoms with E-state index in [-0.39, 0.29) is 24.4 Å². The molecule has 1 saturated heterocycles. The van der Waals surface area contributed by atoms with Gasteiger partial charge in [0, 0.05) is 17.6 Å². The summed E-state index contributed by atoms with van der Waals surface area (Å²) < 4.78 is 0. The quantitative estimate of drug-likeness (QED) is 0.817. The molecule has 1 fully saturated rings. The van der Waals surface area contributed by atoms with Crippen molar-refractivity contribution in [1.29, 1.82) is 0 Å². The van der Waals surface area contributed by atoms with Gasteiger partial charge < -0.3 is 9.80 Å². The first-order valence-corrected chi connectivity index (χ1v) is 9.15. The molecule has 0 bridgehead atoms. The van der Waals surface area contributed by atoms with Crippen molar-refractivity contribution in [3.8, 4) is 0 Å². The maximum Gasteiger partial charge on any atom is 0.250 e. The standard InChI is InChI=1S/C21H23ClN2O2/c1-14(2)23-13-19(25)24(12-16-6-10-18(22)11-7-16)20(21(23)26)17-8-4-15(3)5-9-17/h4-11,14,20H,12-13H2,1-3H3/t20-/m0/s1. The van der Waals surface area contributed by atoms with Gasteiger partial charge in [0.2, 0.25) is 5.91 Å². The molecule has 1 aliphatic rings. The Morgan fingerprint density at radius 2 is 1.65 bits per heavy atom.